The van der Waals surface area contributed by atoms with Gasteiger partial charge in [0, 0.05) is 11.8 Å². The monoisotopic (exact) mass is 289 g/mol. The Morgan fingerprint density at radius 1 is 1.42 bits per heavy atom. The zero-order valence-corrected chi connectivity index (χ0v) is 11.9. The van der Waals surface area contributed by atoms with Gasteiger partial charge in [-0.1, -0.05) is 6.92 Å². The molecule has 1 atom stereocenters. The number of rotatable bonds is 6. The van der Waals surface area contributed by atoms with E-state index in [2.05, 4.69) is 10.1 Å². The molecule has 0 fully saturated rings. The van der Waals surface area contributed by atoms with Crippen LogP contribution in [0.4, 0.5) is 14.5 Å². The number of methoxy groups -OCH3 is 1. The van der Waals surface area contributed by atoms with Gasteiger partial charge in [0.25, 0.3) is 0 Å². The summed E-state index contributed by atoms with van der Waals surface area (Å²) >= 11 is 1.62. The van der Waals surface area contributed by atoms with E-state index in [9.17, 15) is 13.6 Å². The van der Waals surface area contributed by atoms with Gasteiger partial charge in [0.2, 0.25) is 0 Å². The number of esters is 1. The molecule has 1 unspecified atom stereocenters. The first-order valence-electron chi connectivity index (χ1n) is 5.86. The summed E-state index contributed by atoms with van der Waals surface area (Å²) in [5.41, 5.74) is -0.338. The summed E-state index contributed by atoms with van der Waals surface area (Å²) in [6, 6.07) is 2.62. The lowest BCUT2D eigenvalue weighted by atomic mass is 10.1. The molecule has 0 saturated heterocycles. The third-order valence-electron chi connectivity index (χ3n) is 2.71. The Hall–Kier alpha value is -1.30. The van der Waals surface area contributed by atoms with E-state index in [-0.39, 0.29) is 11.7 Å². The van der Waals surface area contributed by atoms with Crippen molar-refractivity contribution in [2.75, 3.05) is 24.4 Å². The summed E-state index contributed by atoms with van der Waals surface area (Å²) < 4.78 is 31.9. The molecule has 0 aliphatic heterocycles. The first-order valence-corrected chi connectivity index (χ1v) is 7.26. The third-order valence-corrected chi connectivity index (χ3v) is 3.44. The molecule has 1 rings (SSSR count). The molecule has 0 saturated carbocycles. The Bertz CT molecular complexity index is 455. The minimum Gasteiger partial charge on any atom is -0.465 e. The van der Waals surface area contributed by atoms with Crippen LogP contribution >= 0.6 is 11.8 Å². The summed E-state index contributed by atoms with van der Waals surface area (Å²) in [6.45, 7) is 1.96. The Balaban J connectivity index is 2.99. The second kappa shape index (κ2) is 7.33. The van der Waals surface area contributed by atoms with Crippen LogP contribution in [-0.4, -0.2) is 31.1 Å². The van der Waals surface area contributed by atoms with Crippen molar-refractivity contribution in [1.29, 1.82) is 0 Å². The highest BCUT2D eigenvalue weighted by molar-refractivity contribution is 7.98. The Morgan fingerprint density at radius 2 is 2.11 bits per heavy atom. The van der Waals surface area contributed by atoms with Crippen molar-refractivity contribution in [3.63, 3.8) is 0 Å². The van der Waals surface area contributed by atoms with Gasteiger partial charge >= 0.3 is 5.97 Å². The van der Waals surface area contributed by atoms with Crippen LogP contribution in [0, 0.1) is 11.6 Å². The van der Waals surface area contributed by atoms with E-state index in [1.54, 1.807) is 11.8 Å². The zero-order valence-electron chi connectivity index (χ0n) is 11.1. The number of thioether (sulfide) groups is 1. The molecule has 19 heavy (non-hydrogen) atoms. The van der Waals surface area contributed by atoms with Crippen molar-refractivity contribution in [2.24, 2.45) is 0 Å². The van der Waals surface area contributed by atoms with Crippen LogP contribution in [-0.2, 0) is 4.74 Å². The van der Waals surface area contributed by atoms with Crippen molar-refractivity contribution in [2.45, 2.75) is 19.4 Å². The highest BCUT2D eigenvalue weighted by Crippen LogP contribution is 2.22. The molecule has 6 heteroatoms. The molecule has 0 aliphatic rings. The minimum atomic E-state index is -1.18. The van der Waals surface area contributed by atoms with Crippen molar-refractivity contribution >= 4 is 23.4 Å². The Morgan fingerprint density at radius 3 is 2.63 bits per heavy atom. The van der Waals surface area contributed by atoms with Gasteiger partial charge in [0.1, 0.15) is 0 Å². The number of ether oxygens (including phenoxy) is 1. The Kier molecular flexibility index (Phi) is 6.08. The summed E-state index contributed by atoms with van der Waals surface area (Å²) in [4.78, 5) is 11.2. The average Bonchev–Trinajstić information content (AvgIpc) is 2.42. The highest BCUT2D eigenvalue weighted by atomic mass is 32.2. The van der Waals surface area contributed by atoms with E-state index < -0.39 is 23.2 Å². The number of benzene rings is 1. The van der Waals surface area contributed by atoms with Crippen LogP contribution in [0.1, 0.15) is 23.7 Å². The van der Waals surface area contributed by atoms with Gasteiger partial charge in [-0.3, -0.25) is 0 Å². The van der Waals surface area contributed by atoms with E-state index >= 15 is 0 Å². The summed E-state index contributed by atoms with van der Waals surface area (Å²) in [5.74, 6) is -2.34. The lowest BCUT2D eigenvalue weighted by molar-refractivity contribution is 0.0594. The fraction of sp³-hybridized carbons (Fsp3) is 0.462. The fourth-order valence-corrected chi connectivity index (χ4v) is 2.33. The number of halogens is 2. The first-order chi connectivity index (χ1) is 9.04. The van der Waals surface area contributed by atoms with Gasteiger partial charge in [-0.25, -0.2) is 13.6 Å². The van der Waals surface area contributed by atoms with Crippen molar-refractivity contribution in [1.82, 2.24) is 0 Å². The van der Waals surface area contributed by atoms with Gasteiger partial charge in [-0.15, -0.1) is 0 Å². The molecule has 0 amide bonds. The molecule has 0 bridgehead atoms. The smallest absolute Gasteiger partial charge is 0.340 e. The second-order valence-electron chi connectivity index (χ2n) is 3.99. The molecule has 1 aromatic rings. The van der Waals surface area contributed by atoms with E-state index in [4.69, 9.17) is 0 Å². The first kappa shape index (κ1) is 15.8. The fourth-order valence-electron chi connectivity index (χ4n) is 1.61. The maximum atomic E-state index is 13.8. The number of hydrogen-bond acceptors (Lipinski definition) is 4. The third kappa shape index (κ3) is 3.83. The van der Waals surface area contributed by atoms with Crippen LogP contribution in [0.5, 0.6) is 0 Å². The minimum absolute atomic E-state index is 0.0490. The predicted octanol–water partition coefficient (Wildman–Crippen LogP) is 3.30. The van der Waals surface area contributed by atoms with Crippen LogP contribution in [0.25, 0.3) is 0 Å². The van der Waals surface area contributed by atoms with Crippen LogP contribution < -0.4 is 5.32 Å². The molecule has 0 aromatic heterocycles. The molecule has 0 aliphatic carbocycles. The number of hydrogen-bond donors (Lipinski definition) is 1. The predicted molar refractivity (Wildman–Crippen MR) is 73.8 cm³/mol. The summed E-state index contributed by atoms with van der Waals surface area (Å²) in [6.07, 6.45) is 2.74. The van der Waals surface area contributed by atoms with Crippen LogP contribution in [0.2, 0.25) is 0 Å². The molecule has 0 spiro atoms. The van der Waals surface area contributed by atoms with Crippen molar-refractivity contribution < 1.29 is 18.3 Å². The molecular formula is C13H17F2NO2S. The Labute approximate surface area is 115 Å². The number of nitrogens with one attached hydrogen (secondary N) is 1. The van der Waals surface area contributed by atoms with Gasteiger partial charge < -0.3 is 10.1 Å². The van der Waals surface area contributed by atoms with Crippen LogP contribution in [0.15, 0.2) is 12.1 Å². The standard InChI is InChI=1S/C13H17F2NO2S/c1-4-8(7-19-3)16-10-6-5-9(13(17)18-2)11(14)12(10)15/h5-6,8,16H,4,7H2,1-3H3. The van der Waals surface area contributed by atoms with Crippen molar-refractivity contribution in [3.8, 4) is 0 Å². The van der Waals surface area contributed by atoms with Crippen LogP contribution in [0.3, 0.4) is 0 Å². The lowest BCUT2D eigenvalue weighted by Gasteiger charge is -2.18. The molecule has 0 heterocycles. The summed E-state index contributed by atoms with van der Waals surface area (Å²) in [7, 11) is 1.12. The number of carbonyl (C=O) groups is 1. The maximum Gasteiger partial charge on any atom is 0.340 e. The number of anilines is 1. The second-order valence-corrected chi connectivity index (χ2v) is 4.90. The van der Waals surface area contributed by atoms with E-state index in [1.807, 2.05) is 13.2 Å². The molecular weight excluding hydrogens is 272 g/mol. The lowest BCUT2D eigenvalue weighted by Crippen LogP contribution is -2.22. The van der Waals surface area contributed by atoms with Crippen molar-refractivity contribution in [3.05, 3.63) is 29.3 Å². The van der Waals surface area contributed by atoms with Gasteiger partial charge in [0.05, 0.1) is 18.4 Å². The van der Waals surface area contributed by atoms with Gasteiger partial charge in [-0.05, 0) is 24.8 Å². The molecule has 0 radical (unpaired) electrons. The van der Waals surface area contributed by atoms with E-state index in [0.717, 1.165) is 19.3 Å². The average molecular weight is 289 g/mol. The van der Waals surface area contributed by atoms with E-state index in [0.29, 0.717) is 0 Å². The quantitative estimate of drug-likeness (QED) is 0.815. The molecule has 1 aromatic carbocycles. The van der Waals surface area contributed by atoms with Gasteiger partial charge in [-0.2, -0.15) is 11.8 Å². The zero-order chi connectivity index (χ0) is 14.4. The molecule has 106 valence electrons. The topological polar surface area (TPSA) is 38.3 Å². The molecule has 1 N–H and O–H groups in total. The summed E-state index contributed by atoms with van der Waals surface area (Å²) in [5, 5.41) is 2.93. The number of carbonyl (C=O) groups excluding carboxylic acids is 1. The SMILES string of the molecule is CCC(CSC)Nc1ccc(C(=O)OC)c(F)c1F. The maximum absolute atomic E-state index is 13.8. The largest absolute Gasteiger partial charge is 0.465 e. The molecule has 3 nitrogen and oxygen atoms in total. The van der Waals surface area contributed by atoms with E-state index in [1.165, 1.54) is 12.1 Å². The highest BCUT2D eigenvalue weighted by Gasteiger charge is 2.20. The van der Waals surface area contributed by atoms with Gasteiger partial charge in [0.15, 0.2) is 11.6 Å². The normalized spacial score (nSPS) is 12.1.